The topological polar surface area (TPSA) is 9.23 Å². The molecule has 0 aromatic heterocycles. The summed E-state index contributed by atoms with van der Waals surface area (Å²) in [6.45, 7) is 0.895. The second kappa shape index (κ2) is 1.73. The average Bonchev–Trinajstić information content (AvgIpc) is 1.86. The molecule has 0 bridgehead atoms. The zero-order valence-electron chi connectivity index (χ0n) is 3.90. The molecule has 0 spiro atoms. The van der Waals surface area contributed by atoms with Crippen molar-refractivity contribution in [1.29, 1.82) is 0 Å². The molecule has 1 nitrogen and oxygen atoms in total. The van der Waals surface area contributed by atoms with E-state index in [4.69, 9.17) is 4.74 Å². The van der Waals surface area contributed by atoms with Crippen LogP contribution in [0.25, 0.3) is 0 Å². The average molecular weight is 76.0 g/mol. The molecular weight excluding hydrogens is 71.0 g/mol. The van der Waals surface area contributed by atoms with Crippen molar-refractivity contribution in [2.45, 2.75) is 6.42 Å². The summed E-state index contributed by atoms with van der Waals surface area (Å²) in [5.74, 6) is 0. The Morgan fingerprint density at radius 3 is 2.83 bits per heavy atom. The van der Waals surface area contributed by atoms with Crippen molar-refractivity contribution >= 4 is 17.7 Å². The minimum atomic E-state index is 0.895. The molecule has 0 unspecified atom stereocenters. The molecule has 0 saturated heterocycles. The van der Waals surface area contributed by atoms with Crippen LogP contribution in [0.5, 0.6) is 0 Å². The van der Waals surface area contributed by atoms with Crippen LogP contribution in [0.4, 0.5) is 0 Å². The van der Waals surface area contributed by atoms with Gasteiger partial charge in [-0.05, 0) is 0 Å². The van der Waals surface area contributed by atoms with E-state index in [1.165, 1.54) is 0 Å². The summed E-state index contributed by atoms with van der Waals surface area (Å²) in [6.07, 6.45) is 3.20. The van der Waals surface area contributed by atoms with Crippen molar-refractivity contribution in [3.05, 3.63) is 10.5 Å². The first kappa shape index (κ1) is 4.30. The van der Waals surface area contributed by atoms with Crippen molar-refractivity contribution < 1.29 is 4.74 Å². The molecule has 28 valence electrons. The number of hydrogen-bond acceptors (Lipinski definition) is 1. The van der Waals surface area contributed by atoms with Crippen molar-refractivity contribution in [1.82, 2.24) is 0 Å². The van der Waals surface area contributed by atoms with Crippen molar-refractivity contribution in [3.63, 3.8) is 0 Å². The van der Waals surface area contributed by atoms with Gasteiger partial charge in [-0.1, -0.05) is 0 Å². The summed E-state index contributed by atoms with van der Waals surface area (Å²) < 4.78 is 6.09. The monoisotopic (exact) mass is 76.1 g/mol. The molecule has 0 amide bonds. The SMILES string of the molecule is [Li][C]1=CCCO1. The van der Waals surface area contributed by atoms with Crippen molar-refractivity contribution in [2.24, 2.45) is 0 Å². The van der Waals surface area contributed by atoms with Crippen LogP contribution in [-0.2, 0) is 4.74 Å². The first-order valence-electron chi connectivity index (χ1n) is 2.19. The van der Waals surface area contributed by atoms with Gasteiger partial charge in [0.15, 0.2) is 0 Å². The van der Waals surface area contributed by atoms with Gasteiger partial charge in [-0.2, -0.15) is 0 Å². The molecule has 1 rings (SSSR count). The predicted molar refractivity (Wildman–Crippen MR) is 24.4 cm³/mol. The third kappa shape index (κ3) is 0.799. The van der Waals surface area contributed by atoms with E-state index >= 15 is 0 Å². The number of ether oxygens (including phenoxy) is 1. The molecule has 0 fully saturated rings. The fourth-order valence-electron chi connectivity index (χ4n) is 0.541. The Hall–Kier alpha value is 0.137. The van der Waals surface area contributed by atoms with E-state index < -0.39 is 0 Å². The van der Waals surface area contributed by atoms with E-state index in [1.54, 1.807) is 0 Å². The quantitative estimate of drug-likeness (QED) is 0.380. The van der Waals surface area contributed by atoms with E-state index in [2.05, 4.69) is 6.08 Å². The maximum absolute atomic E-state index is 5.01. The van der Waals surface area contributed by atoms with E-state index in [9.17, 15) is 0 Å². The molecular formula is C4H5LiO. The van der Waals surface area contributed by atoms with E-state index in [-0.39, 0.29) is 0 Å². The van der Waals surface area contributed by atoms with Crippen LogP contribution in [0.2, 0.25) is 0 Å². The first-order chi connectivity index (χ1) is 2.89. The van der Waals surface area contributed by atoms with Crippen LogP contribution in [0.3, 0.4) is 0 Å². The summed E-state index contributed by atoms with van der Waals surface area (Å²) in [6, 6.07) is 0. The molecule has 0 atom stereocenters. The minimum absolute atomic E-state index is 0.895. The number of rotatable bonds is 0. The Balaban J connectivity index is 2.45. The van der Waals surface area contributed by atoms with Gasteiger partial charge >= 0.3 is 46.0 Å². The molecule has 1 aliphatic heterocycles. The van der Waals surface area contributed by atoms with Crippen LogP contribution < -0.4 is 0 Å². The van der Waals surface area contributed by atoms with Crippen LogP contribution in [0, 0.1) is 0 Å². The summed E-state index contributed by atoms with van der Waals surface area (Å²) in [7, 11) is 0. The van der Waals surface area contributed by atoms with Crippen LogP contribution in [-0.4, -0.2) is 24.3 Å². The van der Waals surface area contributed by atoms with Crippen molar-refractivity contribution in [3.8, 4) is 0 Å². The van der Waals surface area contributed by atoms with E-state index in [0.29, 0.717) is 0 Å². The third-order valence-corrected chi connectivity index (χ3v) is 0.879. The van der Waals surface area contributed by atoms with Gasteiger partial charge in [0.25, 0.3) is 0 Å². The molecule has 0 aromatic rings. The van der Waals surface area contributed by atoms with Gasteiger partial charge in [0, 0.05) is 0 Å². The normalized spacial score (nSPS) is 20.0. The Morgan fingerprint density at radius 1 is 1.83 bits per heavy atom. The second-order valence-electron chi connectivity index (χ2n) is 1.45. The van der Waals surface area contributed by atoms with Gasteiger partial charge in [0.2, 0.25) is 0 Å². The molecule has 1 heterocycles. The Morgan fingerprint density at radius 2 is 2.67 bits per heavy atom. The third-order valence-electron chi connectivity index (χ3n) is 0.879. The Bertz CT molecular complexity index is 77.6. The molecule has 0 aromatic carbocycles. The molecule has 1 aliphatic rings. The van der Waals surface area contributed by atoms with E-state index in [0.717, 1.165) is 17.5 Å². The molecule has 0 aliphatic carbocycles. The van der Waals surface area contributed by atoms with Gasteiger partial charge < -0.3 is 0 Å². The maximum atomic E-state index is 5.01. The van der Waals surface area contributed by atoms with Crippen LogP contribution >= 0.6 is 0 Å². The molecule has 6 heavy (non-hydrogen) atoms. The van der Waals surface area contributed by atoms with Gasteiger partial charge in [0.05, 0.1) is 0 Å². The van der Waals surface area contributed by atoms with Gasteiger partial charge in [-0.15, -0.1) is 0 Å². The van der Waals surface area contributed by atoms with Gasteiger partial charge in [-0.3, -0.25) is 0 Å². The standard InChI is InChI=1S/C4H5O.Li/c1-2-4-5-3-1;/h1H,2,4H2;. The summed E-state index contributed by atoms with van der Waals surface area (Å²) in [5.41, 5.74) is 0. The predicted octanol–water partition coefficient (Wildman–Crippen LogP) is 0.417. The first-order valence-corrected chi connectivity index (χ1v) is 2.19. The van der Waals surface area contributed by atoms with E-state index in [1.807, 2.05) is 17.7 Å². The molecule has 0 N–H and O–H groups in total. The molecule has 2 heteroatoms. The summed E-state index contributed by atoms with van der Waals surface area (Å²) in [5, 5.41) is 0. The zero-order valence-corrected chi connectivity index (χ0v) is 3.90. The van der Waals surface area contributed by atoms with Gasteiger partial charge in [0.1, 0.15) is 0 Å². The van der Waals surface area contributed by atoms with Crippen molar-refractivity contribution in [2.75, 3.05) is 6.61 Å². The zero-order chi connectivity index (χ0) is 4.41. The fourth-order valence-corrected chi connectivity index (χ4v) is 0.541. The molecule has 0 saturated carbocycles. The fraction of sp³-hybridized carbons (Fsp3) is 0.500. The second-order valence-corrected chi connectivity index (χ2v) is 1.45. The summed E-state index contributed by atoms with van der Waals surface area (Å²) in [4.78, 5) is 0. The van der Waals surface area contributed by atoms with Crippen LogP contribution in [0.15, 0.2) is 10.5 Å². The number of hydrogen-bond donors (Lipinski definition) is 0. The summed E-state index contributed by atoms with van der Waals surface area (Å²) >= 11 is 1.98. The van der Waals surface area contributed by atoms with Crippen LogP contribution in [0.1, 0.15) is 6.42 Å². The molecule has 0 radical (unpaired) electrons. The Kier molecular flexibility index (Phi) is 1.24. The van der Waals surface area contributed by atoms with Gasteiger partial charge in [-0.25, -0.2) is 0 Å². The Labute approximate surface area is 46.6 Å².